The van der Waals surface area contributed by atoms with Crippen molar-refractivity contribution in [1.82, 2.24) is 15.6 Å². The average molecular weight is 498 g/mol. The normalized spacial score (nSPS) is 11.5. The standard InChI is InChI=1S/C17H18F4N4O.HI/c1-22-16(23-8-7-17(19,20)21)25-11-12-5-6-15(24-10-12)26-14-4-2-3-13(18)9-14;/h2-6,9-10H,7-8,11H2,1H3,(H2,22,23,25);1H. The molecule has 2 aromatic rings. The number of nitrogens with zero attached hydrogens (tertiary/aromatic N) is 2. The second kappa shape index (κ2) is 10.9. The van der Waals surface area contributed by atoms with Crippen LogP contribution < -0.4 is 15.4 Å². The largest absolute Gasteiger partial charge is 0.439 e. The third-order valence-electron chi connectivity index (χ3n) is 3.20. The zero-order chi connectivity index (χ0) is 19.0. The van der Waals surface area contributed by atoms with Crippen molar-refractivity contribution in [2.24, 2.45) is 4.99 Å². The van der Waals surface area contributed by atoms with E-state index in [4.69, 9.17) is 4.74 Å². The van der Waals surface area contributed by atoms with Crippen molar-refractivity contribution in [3.8, 4) is 11.6 Å². The minimum atomic E-state index is -4.22. The fourth-order valence-electron chi connectivity index (χ4n) is 1.96. The molecule has 1 heterocycles. The lowest BCUT2D eigenvalue weighted by molar-refractivity contribution is -0.132. The van der Waals surface area contributed by atoms with Gasteiger partial charge in [0.25, 0.3) is 0 Å². The van der Waals surface area contributed by atoms with Crippen LogP contribution in [0.5, 0.6) is 11.6 Å². The summed E-state index contributed by atoms with van der Waals surface area (Å²) in [7, 11) is 1.47. The highest BCUT2D eigenvalue weighted by molar-refractivity contribution is 14.0. The minimum absolute atomic E-state index is 0. The monoisotopic (exact) mass is 498 g/mol. The van der Waals surface area contributed by atoms with E-state index in [0.717, 1.165) is 5.56 Å². The van der Waals surface area contributed by atoms with Gasteiger partial charge in [0.1, 0.15) is 11.6 Å². The molecule has 0 bridgehead atoms. The van der Waals surface area contributed by atoms with Gasteiger partial charge in [0, 0.05) is 38.5 Å². The van der Waals surface area contributed by atoms with Crippen LogP contribution in [0, 0.1) is 5.82 Å². The van der Waals surface area contributed by atoms with E-state index in [-0.39, 0.29) is 36.5 Å². The third kappa shape index (κ3) is 8.89. The number of alkyl halides is 3. The highest BCUT2D eigenvalue weighted by atomic mass is 127. The summed E-state index contributed by atoms with van der Waals surface area (Å²) in [6, 6.07) is 9.04. The second-order valence-corrected chi connectivity index (χ2v) is 5.28. The van der Waals surface area contributed by atoms with Crippen molar-refractivity contribution in [2.45, 2.75) is 19.1 Å². The first kappa shape index (κ1) is 22.9. The van der Waals surface area contributed by atoms with E-state index in [0.29, 0.717) is 18.2 Å². The van der Waals surface area contributed by atoms with E-state index in [2.05, 4.69) is 20.6 Å². The zero-order valence-electron chi connectivity index (χ0n) is 14.4. The molecule has 27 heavy (non-hydrogen) atoms. The van der Waals surface area contributed by atoms with Crippen LogP contribution in [0.4, 0.5) is 17.6 Å². The van der Waals surface area contributed by atoms with E-state index < -0.39 is 18.4 Å². The molecule has 0 spiro atoms. The summed E-state index contributed by atoms with van der Waals surface area (Å²) in [5.74, 6) is 0.478. The number of pyridine rings is 1. The molecule has 5 nitrogen and oxygen atoms in total. The van der Waals surface area contributed by atoms with Crippen LogP contribution in [0.2, 0.25) is 0 Å². The number of hydrogen-bond donors (Lipinski definition) is 2. The molecule has 0 amide bonds. The summed E-state index contributed by atoms with van der Waals surface area (Å²) in [5, 5.41) is 5.47. The Bertz CT molecular complexity index is 738. The van der Waals surface area contributed by atoms with Gasteiger partial charge in [0.05, 0.1) is 6.42 Å². The Morgan fingerprint density at radius 2 is 1.96 bits per heavy atom. The van der Waals surface area contributed by atoms with Crippen LogP contribution in [-0.2, 0) is 6.54 Å². The summed E-state index contributed by atoms with van der Waals surface area (Å²) in [4.78, 5) is 7.96. The van der Waals surface area contributed by atoms with E-state index in [1.807, 2.05) is 0 Å². The van der Waals surface area contributed by atoms with Gasteiger partial charge in [-0.2, -0.15) is 13.2 Å². The quantitative estimate of drug-likeness (QED) is 0.271. The molecule has 0 saturated carbocycles. The summed E-state index contributed by atoms with van der Waals surface area (Å²) < 4.78 is 54.9. The summed E-state index contributed by atoms with van der Waals surface area (Å²) in [5.41, 5.74) is 0.773. The van der Waals surface area contributed by atoms with Crippen LogP contribution in [0.25, 0.3) is 0 Å². The van der Waals surface area contributed by atoms with Gasteiger partial charge in [0.15, 0.2) is 5.96 Å². The molecule has 0 aliphatic carbocycles. The fourth-order valence-corrected chi connectivity index (χ4v) is 1.96. The predicted molar refractivity (Wildman–Crippen MR) is 105 cm³/mol. The van der Waals surface area contributed by atoms with E-state index in [1.165, 1.54) is 25.2 Å². The number of rotatable bonds is 6. The van der Waals surface area contributed by atoms with Crippen molar-refractivity contribution in [1.29, 1.82) is 0 Å². The summed E-state index contributed by atoms with van der Waals surface area (Å²) >= 11 is 0. The van der Waals surface area contributed by atoms with Gasteiger partial charge < -0.3 is 15.4 Å². The topological polar surface area (TPSA) is 58.5 Å². The molecule has 0 radical (unpaired) electrons. The van der Waals surface area contributed by atoms with Gasteiger partial charge in [-0.25, -0.2) is 9.37 Å². The molecule has 0 fully saturated rings. The number of benzene rings is 1. The van der Waals surface area contributed by atoms with Crippen molar-refractivity contribution < 1.29 is 22.3 Å². The lowest BCUT2D eigenvalue weighted by Crippen LogP contribution is -2.38. The van der Waals surface area contributed by atoms with E-state index in [9.17, 15) is 17.6 Å². The first-order valence-electron chi connectivity index (χ1n) is 7.75. The minimum Gasteiger partial charge on any atom is -0.439 e. The maximum atomic E-state index is 13.1. The van der Waals surface area contributed by atoms with Gasteiger partial charge in [-0.3, -0.25) is 4.99 Å². The lowest BCUT2D eigenvalue weighted by atomic mass is 10.3. The SMILES string of the molecule is CN=C(NCCC(F)(F)F)NCc1ccc(Oc2cccc(F)c2)nc1.I. The molecular formula is C17H19F4IN4O. The Kier molecular flexibility index (Phi) is 9.26. The molecule has 0 saturated heterocycles. The number of aliphatic imine (C=N–C) groups is 1. The van der Waals surface area contributed by atoms with E-state index >= 15 is 0 Å². The van der Waals surface area contributed by atoms with Crippen LogP contribution in [0.15, 0.2) is 47.6 Å². The smallest absolute Gasteiger partial charge is 0.390 e. The Morgan fingerprint density at radius 3 is 2.56 bits per heavy atom. The second-order valence-electron chi connectivity index (χ2n) is 5.28. The van der Waals surface area contributed by atoms with Gasteiger partial charge >= 0.3 is 6.18 Å². The first-order valence-corrected chi connectivity index (χ1v) is 7.75. The van der Waals surface area contributed by atoms with Crippen LogP contribution in [0.3, 0.4) is 0 Å². The number of halogens is 5. The van der Waals surface area contributed by atoms with E-state index in [1.54, 1.807) is 24.4 Å². The van der Waals surface area contributed by atoms with Crippen molar-refractivity contribution in [2.75, 3.05) is 13.6 Å². The van der Waals surface area contributed by atoms with Gasteiger partial charge in [-0.05, 0) is 17.7 Å². The predicted octanol–water partition coefficient (Wildman–Crippen LogP) is 4.25. The molecule has 0 atom stereocenters. The lowest BCUT2D eigenvalue weighted by Gasteiger charge is -2.13. The van der Waals surface area contributed by atoms with Gasteiger partial charge in [0.2, 0.25) is 5.88 Å². The maximum absolute atomic E-state index is 13.1. The molecule has 1 aromatic carbocycles. The Morgan fingerprint density at radius 1 is 1.19 bits per heavy atom. The van der Waals surface area contributed by atoms with Gasteiger partial charge in [-0.15, -0.1) is 24.0 Å². The molecule has 0 unspecified atom stereocenters. The van der Waals surface area contributed by atoms with Crippen molar-refractivity contribution >= 4 is 29.9 Å². The molecular weight excluding hydrogens is 479 g/mol. The van der Waals surface area contributed by atoms with Crippen LogP contribution >= 0.6 is 24.0 Å². The number of hydrogen-bond acceptors (Lipinski definition) is 3. The van der Waals surface area contributed by atoms with Crippen molar-refractivity contribution in [3.05, 3.63) is 54.0 Å². The highest BCUT2D eigenvalue weighted by Crippen LogP contribution is 2.20. The number of nitrogens with one attached hydrogen (secondary N) is 2. The average Bonchev–Trinajstić information content (AvgIpc) is 2.58. The molecule has 0 aliphatic rings. The number of aromatic nitrogens is 1. The summed E-state index contributed by atoms with van der Waals surface area (Å²) in [6.45, 7) is 0.0563. The zero-order valence-corrected chi connectivity index (χ0v) is 16.7. The Labute approximate surface area is 171 Å². The molecule has 2 rings (SSSR count). The molecule has 10 heteroatoms. The summed E-state index contributed by atoms with van der Waals surface area (Å²) in [6.07, 6.45) is -3.61. The maximum Gasteiger partial charge on any atom is 0.390 e. The highest BCUT2D eigenvalue weighted by Gasteiger charge is 2.26. The number of guanidine groups is 1. The molecule has 2 N–H and O–H groups in total. The molecule has 148 valence electrons. The Hall–Kier alpha value is -2.11. The molecule has 1 aromatic heterocycles. The third-order valence-corrected chi connectivity index (χ3v) is 3.20. The van der Waals surface area contributed by atoms with Crippen molar-refractivity contribution in [3.63, 3.8) is 0 Å². The first-order chi connectivity index (χ1) is 12.4. The van der Waals surface area contributed by atoms with Crippen LogP contribution in [0.1, 0.15) is 12.0 Å². The fraction of sp³-hybridized carbons (Fsp3) is 0.294. The Balaban J connectivity index is 0.00000364. The molecule has 0 aliphatic heterocycles. The number of ether oxygens (including phenoxy) is 1. The van der Waals surface area contributed by atoms with Gasteiger partial charge in [-0.1, -0.05) is 12.1 Å². The van der Waals surface area contributed by atoms with Crippen LogP contribution in [-0.4, -0.2) is 30.7 Å².